The highest BCUT2D eigenvalue weighted by Gasteiger charge is 2.33. The number of nitrogens with zero attached hydrogens (tertiary/aromatic N) is 3. The van der Waals surface area contributed by atoms with E-state index in [1.54, 1.807) is 13.2 Å². The van der Waals surface area contributed by atoms with Crippen molar-refractivity contribution in [3.05, 3.63) is 99.4 Å². The Balaban J connectivity index is 1.66. The van der Waals surface area contributed by atoms with E-state index in [2.05, 4.69) is 70.5 Å². The lowest BCUT2D eigenvalue weighted by Gasteiger charge is -2.37. The predicted molar refractivity (Wildman–Crippen MR) is 129 cm³/mol. The van der Waals surface area contributed by atoms with Gasteiger partial charge in [0.25, 0.3) is 0 Å². The van der Waals surface area contributed by atoms with Crippen molar-refractivity contribution in [1.82, 2.24) is 14.1 Å². The number of rotatable bonds is 4. The third-order valence-electron chi connectivity index (χ3n) is 6.59. The Morgan fingerprint density at radius 2 is 1.72 bits per heavy atom. The van der Waals surface area contributed by atoms with Crippen LogP contribution in [0.25, 0.3) is 5.57 Å². The monoisotopic (exact) mass is 429 g/mol. The summed E-state index contributed by atoms with van der Waals surface area (Å²) in [6.07, 6.45) is 7.75. The summed E-state index contributed by atoms with van der Waals surface area (Å²) < 4.78 is 2.67. The van der Waals surface area contributed by atoms with E-state index in [4.69, 9.17) is 0 Å². The number of aromatic hydroxyl groups is 1. The molecular weight excluding hydrogens is 398 g/mol. The zero-order valence-electron chi connectivity index (χ0n) is 19.7. The van der Waals surface area contributed by atoms with Gasteiger partial charge in [0.05, 0.1) is 18.4 Å². The van der Waals surface area contributed by atoms with Gasteiger partial charge in [-0.2, -0.15) is 0 Å². The van der Waals surface area contributed by atoms with Gasteiger partial charge >= 0.3 is 5.69 Å². The molecule has 2 heterocycles. The minimum atomic E-state index is -0.264. The first-order chi connectivity index (χ1) is 14.9. The van der Waals surface area contributed by atoms with Gasteiger partial charge in [0.2, 0.25) is 5.88 Å². The van der Waals surface area contributed by atoms with Gasteiger partial charge in [-0.3, -0.25) is 14.1 Å². The topological polar surface area (TPSA) is 60.0 Å². The first kappa shape index (κ1) is 21.9. The minimum absolute atomic E-state index is 0.00352. The lowest BCUT2D eigenvalue weighted by Crippen LogP contribution is -2.29. The summed E-state index contributed by atoms with van der Waals surface area (Å²) in [7, 11) is 1.61. The molecule has 166 valence electrons. The van der Waals surface area contributed by atoms with Crippen LogP contribution < -0.4 is 5.69 Å². The standard InChI is InChI=1S/C27H31N3O2/c1-17-12-21-22(27(5,6)11-10-26(21,3)4)13-20(17)18(2)23-9-8-19(14-28-23)15-30-24(31)16-29(7)25(30)32/h8-14,16,31H,2,15H2,1,3-7H3. The predicted octanol–water partition coefficient (Wildman–Crippen LogP) is 4.83. The number of hydrogen-bond donors (Lipinski definition) is 1. The Morgan fingerprint density at radius 1 is 1.09 bits per heavy atom. The van der Waals surface area contributed by atoms with Crippen molar-refractivity contribution in [3.63, 3.8) is 0 Å². The second kappa shape index (κ2) is 7.37. The van der Waals surface area contributed by atoms with E-state index in [1.807, 2.05) is 12.1 Å². The molecule has 0 saturated heterocycles. The molecule has 0 atom stereocenters. The van der Waals surface area contributed by atoms with Gasteiger partial charge in [-0.15, -0.1) is 0 Å². The van der Waals surface area contributed by atoms with Gasteiger partial charge in [0, 0.05) is 29.6 Å². The van der Waals surface area contributed by atoms with Crippen LogP contribution in [-0.2, 0) is 24.4 Å². The van der Waals surface area contributed by atoms with Crippen LogP contribution in [0.4, 0.5) is 0 Å². The van der Waals surface area contributed by atoms with Crippen molar-refractivity contribution in [2.45, 2.75) is 52.0 Å². The highest BCUT2D eigenvalue weighted by atomic mass is 16.3. The van der Waals surface area contributed by atoms with Crippen LogP contribution in [0.2, 0.25) is 0 Å². The van der Waals surface area contributed by atoms with Crippen molar-refractivity contribution in [3.8, 4) is 5.88 Å². The van der Waals surface area contributed by atoms with Crippen molar-refractivity contribution in [1.29, 1.82) is 0 Å². The smallest absolute Gasteiger partial charge is 0.331 e. The van der Waals surface area contributed by atoms with E-state index in [0.29, 0.717) is 0 Å². The van der Waals surface area contributed by atoms with Gasteiger partial charge in [-0.25, -0.2) is 4.79 Å². The molecule has 5 nitrogen and oxygen atoms in total. The van der Waals surface area contributed by atoms with Gasteiger partial charge in [0.15, 0.2) is 0 Å². The van der Waals surface area contributed by atoms with Crippen LogP contribution in [0.3, 0.4) is 0 Å². The van der Waals surface area contributed by atoms with E-state index >= 15 is 0 Å². The molecule has 3 aromatic rings. The van der Waals surface area contributed by atoms with Crippen LogP contribution in [0.1, 0.15) is 61.2 Å². The van der Waals surface area contributed by atoms with E-state index < -0.39 is 0 Å². The number of hydrogen-bond acceptors (Lipinski definition) is 3. The van der Waals surface area contributed by atoms with Crippen LogP contribution in [0.15, 0.2) is 60.2 Å². The van der Waals surface area contributed by atoms with Crippen LogP contribution in [0, 0.1) is 6.92 Å². The minimum Gasteiger partial charge on any atom is -0.493 e. The van der Waals surface area contributed by atoms with Gasteiger partial charge in [-0.1, -0.05) is 58.6 Å². The molecule has 0 spiro atoms. The Labute approximate surface area is 189 Å². The van der Waals surface area contributed by atoms with Crippen LogP contribution in [0.5, 0.6) is 5.88 Å². The molecule has 0 amide bonds. The summed E-state index contributed by atoms with van der Waals surface area (Å²) in [6, 6.07) is 8.42. The summed E-state index contributed by atoms with van der Waals surface area (Å²) in [5.74, 6) is -0.0599. The normalized spacial score (nSPS) is 16.1. The Hall–Kier alpha value is -3.34. The third kappa shape index (κ3) is 3.62. The molecule has 0 fully saturated rings. The molecule has 0 saturated carbocycles. The van der Waals surface area contributed by atoms with Crippen molar-refractivity contribution in [2.24, 2.45) is 7.05 Å². The molecule has 0 radical (unpaired) electrons. The lowest BCUT2D eigenvalue weighted by molar-refractivity contribution is 0.421. The molecule has 0 unspecified atom stereocenters. The van der Waals surface area contributed by atoms with E-state index in [9.17, 15) is 9.90 Å². The molecule has 1 aliphatic rings. The van der Waals surface area contributed by atoms with Crippen molar-refractivity contribution < 1.29 is 5.11 Å². The van der Waals surface area contributed by atoms with Crippen molar-refractivity contribution >= 4 is 5.57 Å². The largest absolute Gasteiger partial charge is 0.493 e. The molecule has 1 N–H and O–H groups in total. The number of imidazole rings is 1. The zero-order chi connectivity index (χ0) is 23.4. The quantitative estimate of drug-likeness (QED) is 0.604. The summed E-state index contributed by atoms with van der Waals surface area (Å²) in [5.41, 5.74) is 7.15. The molecule has 1 aromatic carbocycles. The van der Waals surface area contributed by atoms with E-state index in [0.717, 1.165) is 22.4 Å². The molecular formula is C27H31N3O2. The highest BCUT2D eigenvalue weighted by molar-refractivity contribution is 5.79. The SMILES string of the molecule is C=C(c1ccc(Cn2c(O)cn(C)c2=O)cn1)c1cc2c(cc1C)C(C)(C)C=CC2(C)C. The lowest BCUT2D eigenvalue weighted by atomic mass is 9.67. The summed E-state index contributed by atoms with van der Waals surface area (Å²) in [4.78, 5) is 16.8. The maximum Gasteiger partial charge on any atom is 0.331 e. The fourth-order valence-corrected chi connectivity index (χ4v) is 4.45. The summed E-state index contributed by atoms with van der Waals surface area (Å²) in [5, 5.41) is 9.97. The maximum absolute atomic E-state index is 12.1. The average molecular weight is 430 g/mol. The van der Waals surface area contributed by atoms with E-state index in [-0.39, 0.29) is 28.9 Å². The Kier molecular flexibility index (Phi) is 5.04. The third-order valence-corrected chi connectivity index (χ3v) is 6.59. The number of aromatic nitrogens is 3. The fraction of sp³-hybridized carbons (Fsp3) is 0.333. The molecule has 1 aliphatic carbocycles. The van der Waals surface area contributed by atoms with Crippen LogP contribution >= 0.6 is 0 Å². The molecule has 5 heteroatoms. The summed E-state index contributed by atoms with van der Waals surface area (Å²) >= 11 is 0. The van der Waals surface area contributed by atoms with Crippen molar-refractivity contribution in [2.75, 3.05) is 0 Å². The second-order valence-corrected chi connectivity index (χ2v) is 9.99. The van der Waals surface area contributed by atoms with Crippen LogP contribution in [-0.4, -0.2) is 19.2 Å². The number of aryl methyl sites for hydroxylation is 2. The Bertz CT molecular complexity index is 1300. The van der Waals surface area contributed by atoms with E-state index in [1.165, 1.54) is 32.0 Å². The summed E-state index contributed by atoms with van der Waals surface area (Å²) in [6.45, 7) is 15.7. The first-order valence-electron chi connectivity index (χ1n) is 10.9. The number of pyridine rings is 1. The number of benzene rings is 1. The second-order valence-electron chi connectivity index (χ2n) is 9.99. The Morgan fingerprint density at radius 3 is 2.25 bits per heavy atom. The van der Waals surface area contributed by atoms with Gasteiger partial charge in [-0.05, 0) is 46.9 Å². The molecule has 32 heavy (non-hydrogen) atoms. The molecule has 4 rings (SSSR count). The molecule has 0 bridgehead atoms. The molecule has 2 aromatic heterocycles. The zero-order valence-corrected chi connectivity index (χ0v) is 19.7. The maximum atomic E-state index is 12.1. The fourth-order valence-electron chi connectivity index (χ4n) is 4.45. The number of allylic oxidation sites excluding steroid dienone is 2. The molecule has 0 aliphatic heterocycles. The average Bonchev–Trinajstić information content (AvgIpc) is 2.97. The first-order valence-corrected chi connectivity index (χ1v) is 10.9. The highest BCUT2D eigenvalue weighted by Crippen LogP contribution is 2.43. The van der Waals surface area contributed by atoms with Gasteiger partial charge in [0.1, 0.15) is 0 Å². The van der Waals surface area contributed by atoms with Gasteiger partial charge < -0.3 is 5.11 Å². The number of fused-ring (bicyclic) bond motifs is 1.